The van der Waals surface area contributed by atoms with E-state index in [-0.39, 0.29) is 28.8 Å². The van der Waals surface area contributed by atoms with Crippen LogP contribution in [0.15, 0.2) is 18.2 Å². The van der Waals surface area contributed by atoms with Crippen LogP contribution >= 0.6 is 11.6 Å². The van der Waals surface area contributed by atoms with E-state index in [1.54, 1.807) is 12.1 Å². The molecule has 0 saturated carbocycles. The molecule has 1 atom stereocenters. The quantitative estimate of drug-likeness (QED) is 0.857. The number of hydrogen-bond donors (Lipinski definition) is 1. The van der Waals surface area contributed by atoms with E-state index in [0.29, 0.717) is 12.0 Å². The van der Waals surface area contributed by atoms with Crippen LogP contribution in [-0.2, 0) is 6.42 Å². The first-order valence-electron chi connectivity index (χ1n) is 5.44. The van der Waals surface area contributed by atoms with E-state index in [4.69, 9.17) is 11.6 Å². The van der Waals surface area contributed by atoms with Crippen LogP contribution < -0.4 is 0 Å². The summed E-state index contributed by atoms with van der Waals surface area (Å²) in [4.78, 5) is 0. The maximum atomic E-state index is 13.7. The second-order valence-corrected chi connectivity index (χ2v) is 5.26. The Morgan fingerprint density at radius 2 is 2.06 bits per heavy atom. The zero-order valence-electron chi connectivity index (χ0n) is 9.93. The molecule has 0 aliphatic carbocycles. The van der Waals surface area contributed by atoms with Crippen molar-refractivity contribution in [3.05, 3.63) is 34.6 Å². The molecule has 0 bridgehead atoms. The molecule has 0 aliphatic heterocycles. The highest BCUT2D eigenvalue weighted by molar-refractivity contribution is 6.30. The third-order valence-electron chi connectivity index (χ3n) is 3.38. The molecule has 1 unspecified atom stereocenters. The molecule has 16 heavy (non-hydrogen) atoms. The van der Waals surface area contributed by atoms with Crippen molar-refractivity contribution in [2.24, 2.45) is 11.3 Å². The molecule has 1 aromatic rings. The molecular formula is C13H18ClFO. The topological polar surface area (TPSA) is 20.2 Å². The summed E-state index contributed by atoms with van der Waals surface area (Å²) in [7, 11) is 0. The number of halogens is 2. The van der Waals surface area contributed by atoms with Gasteiger partial charge in [0.15, 0.2) is 0 Å². The number of aliphatic hydroxyl groups excluding tert-OH is 1. The van der Waals surface area contributed by atoms with Gasteiger partial charge in [0.05, 0.1) is 5.02 Å². The largest absolute Gasteiger partial charge is 0.396 e. The minimum Gasteiger partial charge on any atom is -0.396 e. The lowest BCUT2D eigenvalue weighted by Gasteiger charge is -2.32. The molecule has 1 N–H and O–H groups in total. The Kier molecular flexibility index (Phi) is 4.34. The van der Waals surface area contributed by atoms with Crippen LogP contribution in [0.4, 0.5) is 4.39 Å². The SMILES string of the molecule is CC(C)C(C)(CO)Cc1cccc(Cl)c1F. The summed E-state index contributed by atoms with van der Waals surface area (Å²) in [5.41, 5.74) is 0.253. The van der Waals surface area contributed by atoms with Gasteiger partial charge in [-0.15, -0.1) is 0 Å². The molecule has 90 valence electrons. The third-order valence-corrected chi connectivity index (χ3v) is 3.67. The molecule has 3 heteroatoms. The summed E-state index contributed by atoms with van der Waals surface area (Å²) in [6, 6.07) is 4.99. The van der Waals surface area contributed by atoms with Crippen LogP contribution in [0.3, 0.4) is 0 Å². The normalized spacial score (nSPS) is 15.2. The fourth-order valence-corrected chi connectivity index (χ4v) is 1.76. The van der Waals surface area contributed by atoms with Crippen molar-refractivity contribution in [2.45, 2.75) is 27.2 Å². The molecule has 0 spiro atoms. The minimum absolute atomic E-state index is 0.0383. The summed E-state index contributed by atoms with van der Waals surface area (Å²) < 4.78 is 13.7. The van der Waals surface area contributed by atoms with Crippen LogP contribution in [0.1, 0.15) is 26.3 Å². The average molecular weight is 245 g/mol. The lowest BCUT2D eigenvalue weighted by atomic mass is 9.75. The molecule has 0 radical (unpaired) electrons. The van der Waals surface area contributed by atoms with Crippen molar-refractivity contribution < 1.29 is 9.50 Å². The summed E-state index contributed by atoms with van der Waals surface area (Å²) in [5.74, 6) is -0.0969. The predicted octanol–water partition coefficient (Wildman–Crippen LogP) is 3.68. The fourth-order valence-electron chi connectivity index (χ4n) is 1.56. The molecule has 1 aromatic carbocycles. The standard InChI is InChI=1S/C13H18ClFO/c1-9(2)13(3,8-16)7-10-5-4-6-11(14)12(10)15/h4-6,9,16H,7-8H2,1-3H3. The van der Waals surface area contributed by atoms with E-state index in [1.807, 2.05) is 20.8 Å². The monoisotopic (exact) mass is 244 g/mol. The van der Waals surface area contributed by atoms with Crippen molar-refractivity contribution in [3.8, 4) is 0 Å². The zero-order chi connectivity index (χ0) is 12.3. The highest BCUT2D eigenvalue weighted by Crippen LogP contribution is 2.32. The van der Waals surface area contributed by atoms with Gasteiger partial charge in [0, 0.05) is 6.61 Å². The molecule has 1 nitrogen and oxygen atoms in total. The molecule has 0 heterocycles. The van der Waals surface area contributed by atoms with Gasteiger partial charge in [0.2, 0.25) is 0 Å². The summed E-state index contributed by atoms with van der Waals surface area (Å²) in [6.07, 6.45) is 0.494. The lowest BCUT2D eigenvalue weighted by molar-refractivity contribution is 0.0939. The Hall–Kier alpha value is -0.600. The van der Waals surface area contributed by atoms with Gasteiger partial charge in [-0.05, 0) is 29.4 Å². The van der Waals surface area contributed by atoms with E-state index in [9.17, 15) is 9.50 Å². The van der Waals surface area contributed by atoms with Gasteiger partial charge in [-0.25, -0.2) is 4.39 Å². The van der Waals surface area contributed by atoms with Crippen LogP contribution in [0.5, 0.6) is 0 Å². The summed E-state index contributed by atoms with van der Waals surface area (Å²) in [6.45, 7) is 6.05. The lowest BCUT2D eigenvalue weighted by Crippen LogP contribution is -2.30. The molecule has 0 saturated heterocycles. The van der Waals surface area contributed by atoms with Gasteiger partial charge < -0.3 is 5.11 Å². The van der Waals surface area contributed by atoms with E-state index in [2.05, 4.69) is 0 Å². The average Bonchev–Trinajstić information content (AvgIpc) is 2.24. The van der Waals surface area contributed by atoms with E-state index in [0.717, 1.165) is 0 Å². The van der Waals surface area contributed by atoms with Crippen LogP contribution in [0, 0.1) is 17.2 Å². The number of benzene rings is 1. The van der Waals surface area contributed by atoms with Gasteiger partial charge in [-0.3, -0.25) is 0 Å². The number of rotatable bonds is 4. The van der Waals surface area contributed by atoms with Crippen molar-refractivity contribution in [1.29, 1.82) is 0 Å². The first-order chi connectivity index (χ1) is 7.40. The maximum Gasteiger partial charge on any atom is 0.144 e. The Bertz CT molecular complexity index is 365. The van der Waals surface area contributed by atoms with Gasteiger partial charge in [0.1, 0.15) is 5.82 Å². The van der Waals surface area contributed by atoms with Crippen LogP contribution in [0.25, 0.3) is 0 Å². The molecule has 0 amide bonds. The van der Waals surface area contributed by atoms with Crippen LogP contribution in [0.2, 0.25) is 5.02 Å². The van der Waals surface area contributed by atoms with Gasteiger partial charge in [0.25, 0.3) is 0 Å². The van der Waals surface area contributed by atoms with E-state index in [1.165, 1.54) is 6.07 Å². The van der Waals surface area contributed by atoms with Gasteiger partial charge in [-0.2, -0.15) is 0 Å². The third kappa shape index (κ3) is 2.74. The Labute approximate surface area is 101 Å². The van der Waals surface area contributed by atoms with Crippen molar-refractivity contribution in [3.63, 3.8) is 0 Å². The zero-order valence-corrected chi connectivity index (χ0v) is 10.7. The Morgan fingerprint density at radius 3 is 2.56 bits per heavy atom. The summed E-state index contributed by atoms with van der Waals surface area (Å²) >= 11 is 5.73. The second kappa shape index (κ2) is 5.15. The first-order valence-corrected chi connectivity index (χ1v) is 5.82. The van der Waals surface area contributed by atoms with Gasteiger partial charge >= 0.3 is 0 Å². The molecule has 0 aliphatic rings. The number of aliphatic hydroxyl groups is 1. The maximum absolute atomic E-state index is 13.7. The highest BCUT2D eigenvalue weighted by atomic mass is 35.5. The highest BCUT2D eigenvalue weighted by Gasteiger charge is 2.29. The predicted molar refractivity (Wildman–Crippen MR) is 65.1 cm³/mol. The van der Waals surface area contributed by atoms with Crippen molar-refractivity contribution in [1.82, 2.24) is 0 Å². The first kappa shape index (κ1) is 13.5. The Balaban J connectivity index is 2.99. The summed E-state index contributed by atoms with van der Waals surface area (Å²) in [5, 5.41) is 9.56. The molecular weight excluding hydrogens is 227 g/mol. The molecule has 0 aromatic heterocycles. The number of hydrogen-bond acceptors (Lipinski definition) is 1. The van der Waals surface area contributed by atoms with E-state index < -0.39 is 0 Å². The van der Waals surface area contributed by atoms with E-state index >= 15 is 0 Å². The smallest absolute Gasteiger partial charge is 0.144 e. The minimum atomic E-state index is -0.371. The van der Waals surface area contributed by atoms with Crippen molar-refractivity contribution in [2.75, 3.05) is 6.61 Å². The molecule has 1 rings (SSSR count). The Morgan fingerprint density at radius 1 is 1.44 bits per heavy atom. The molecule has 0 fully saturated rings. The van der Waals surface area contributed by atoms with Gasteiger partial charge in [-0.1, -0.05) is 44.5 Å². The second-order valence-electron chi connectivity index (χ2n) is 4.86. The fraction of sp³-hybridized carbons (Fsp3) is 0.538. The van der Waals surface area contributed by atoms with Crippen molar-refractivity contribution >= 4 is 11.6 Å². The van der Waals surface area contributed by atoms with Crippen LogP contribution in [-0.4, -0.2) is 11.7 Å².